The lowest BCUT2D eigenvalue weighted by Gasteiger charge is -2.12. The second-order valence-corrected chi connectivity index (χ2v) is 33.0. The largest absolute Gasteiger partial charge is 0.506 e. The van der Waals surface area contributed by atoms with Crippen molar-refractivity contribution in [1.29, 1.82) is 0 Å². The third-order valence-corrected chi connectivity index (χ3v) is 22.9. The summed E-state index contributed by atoms with van der Waals surface area (Å²) in [6.45, 7) is 13.8. The van der Waals surface area contributed by atoms with E-state index < -0.39 is 143 Å². The lowest BCUT2D eigenvalue weighted by molar-refractivity contribution is 0.0679. The van der Waals surface area contributed by atoms with Crippen LogP contribution < -0.4 is 53.0 Å². The Morgan fingerprint density at radius 1 is 0.360 bits per heavy atom. The molecule has 8 aromatic heterocycles. The summed E-state index contributed by atoms with van der Waals surface area (Å²) < 4.78 is 108. The Morgan fingerprint density at radius 2 is 0.733 bits per heavy atom. The summed E-state index contributed by atoms with van der Waals surface area (Å²) >= 11 is 2.94. The molecule has 0 saturated carbocycles. The van der Waals surface area contributed by atoms with Gasteiger partial charge >= 0.3 is 47.8 Å². The molecule has 0 fully saturated rings. The third-order valence-electron chi connectivity index (χ3n) is 22.3. The van der Waals surface area contributed by atoms with Crippen molar-refractivity contribution in [3.05, 3.63) is 418 Å². The number of fused-ring (bicyclic) bond motifs is 1. The maximum atomic E-state index is 13.1. The van der Waals surface area contributed by atoms with E-state index in [1.54, 1.807) is 27.0 Å². The minimum Gasteiger partial charge on any atom is -0.506 e. The number of nitrogens with one attached hydrogen (secondary N) is 7. The molecular weight excluding hydrogens is 2050 g/mol. The molecule has 0 bridgehead atoms. The molecule has 0 aliphatic carbocycles. The monoisotopic (exact) mass is 2130 g/mol. The van der Waals surface area contributed by atoms with Gasteiger partial charge in [0.2, 0.25) is 49.8 Å². The number of aryl methyl sites for hydroxylation is 8. The quantitative estimate of drug-likeness (QED) is 0.0297. The van der Waals surface area contributed by atoms with Gasteiger partial charge in [-0.3, -0.25) is 38.4 Å². The van der Waals surface area contributed by atoms with Crippen LogP contribution in [0.15, 0.2) is 238 Å². The highest BCUT2D eigenvalue weighted by molar-refractivity contribution is 9.10. The van der Waals surface area contributed by atoms with E-state index in [0.29, 0.717) is 98.1 Å². The normalized spacial score (nSPS) is 10.8. The van der Waals surface area contributed by atoms with Crippen LogP contribution in [0, 0.1) is 82.3 Å². The van der Waals surface area contributed by atoms with E-state index in [-0.39, 0.29) is 119 Å². The number of aromatic carboxylic acids is 8. The summed E-state index contributed by atoms with van der Waals surface area (Å²) in [6.07, 6.45) is 8.83. The summed E-state index contributed by atoms with van der Waals surface area (Å²) in [6, 6.07) is 35.4. The Labute approximate surface area is 849 Å². The topological polar surface area (TPSA) is 598 Å². The zero-order valence-corrected chi connectivity index (χ0v) is 82.1. The standard InChI is InChI=1S/C15H14FNO4.C15H12FNO3.2C14H12FNO4.2C14H12FNO3.C13H10FNO4.C7H6BrNO3/c1-3-21-14-12(15(19)20)13(18)11(8(2)17-14)9-4-6-10(16)7-5-9;16-10-5-3-9(4-6-10)11-8-17-7-1-2-12(17)13(14(11)18)15(19)20;1-7-10(14(18)19)12(17)11(13(16-7)20-2)8-3-5-9(15)6-4-8;1-20-7-11-12(8-2-4-9(15)5-3-8)13(17)10(6-16-11)14(18)19;1-7-5-9(15)3-4-10(7)11-6-16-8(2)12(13(11)17)14(18)19;1-2-11-12(8-3-5-9(15)6-4-8)13(17)10(7-16-11)14(18)19;1-6-9(13(18)19)11(16)10(12(17)15-6)7-2-4-8(14)5-3-7;1-3-5(7(11)12)6(10)4(8)2-9-3/h4-7H,3H2,1-2H3,(H,17,18)(H,19,20);3-6,8H,1-2,7H2,(H,19,20);3-6H,1-2H3,(H,16,17)(H,18,19);2-6H,7H2,1H3,(H,16,17)(H,18,19);3-6H,1-2H3,(H,16,17)(H,18,19);3-7H,2H2,1H3,(H,16,17)(H,18,19);2-5H,1H3,(H,18,19)(H2,15,16,17);2H,1H3,(H,9,10)(H,11,12). The van der Waals surface area contributed by atoms with Gasteiger partial charge in [0.1, 0.15) is 85.4 Å². The van der Waals surface area contributed by atoms with E-state index >= 15 is 0 Å². The molecule has 16 rings (SSSR count). The van der Waals surface area contributed by atoms with E-state index in [9.17, 15) is 123 Å². The van der Waals surface area contributed by atoms with Gasteiger partial charge in [-0.2, -0.15) is 0 Å². The zero-order chi connectivity index (χ0) is 111. The molecule has 778 valence electrons. The number of carbonyl (C=O) groups is 8. The fraction of sp³-hybridized carbons (Fsp3) is 0.151. The number of nitrogens with zero attached hydrogens (tertiary/aromatic N) is 1. The van der Waals surface area contributed by atoms with E-state index in [4.69, 9.17) is 44.8 Å². The minimum absolute atomic E-state index is 0.0564. The number of H-pyrrole nitrogens is 7. The molecule has 0 spiro atoms. The van der Waals surface area contributed by atoms with Crippen molar-refractivity contribution in [3.8, 4) is 95.4 Å². The number of hydrogen-bond acceptors (Lipinski definition) is 20. The number of halogens is 8. The number of carboxylic acids is 8. The summed E-state index contributed by atoms with van der Waals surface area (Å²) in [4.78, 5) is 204. The molecule has 0 radical (unpaired) electrons. The van der Waals surface area contributed by atoms with Crippen LogP contribution in [-0.4, -0.2) is 154 Å². The lowest BCUT2D eigenvalue weighted by atomic mass is 9.99. The first kappa shape index (κ1) is 115. The first-order valence-corrected chi connectivity index (χ1v) is 44.9. The third kappa shape index (κ3) is 27.5. The Hall–Kier alpha value is -18.8. The van der Waals surface area contributed by atoms with E-state index in [1.807, 2.05) is 11.5 Å². The molecular formula is C106H90BrF7N8O28. The predicted octanol–water partition coefficient (Wildman–Crippen LogP) is 17.1. The number of ether oxygens (including phenoxy) is 3. The fourth-order valence-corrected chi connectivity index (χ4v) is 15.6. The van der Waals surface area contributed by atoms with Crippen molar-refractivity contribution >= 4 is 63.7 Å². The highest BCUT2D eigenvalue weighted by atomic mass is 79.9. The number of benzene rings is 7. The van der Waals surface area contributed by atoms with Crippen molar-refractivity contribution in [1.82, 2.24) is 39.5 Å². The molecule has 15 aromatic rings. The average Bonchev–Trinajstić information content (AvgIpc) is 1.45. The molecule has 0 atom stereocenters. The van der Waals surface area contributed by atoms with Gasteiger partial charge in [0, 0.05) is 107 Å². The number of methoxy groups -OCH3 is 2. The summed E-state index contributed by atoms with van der Waals surface area (Å²) in [5.74, 6) is -13.9. The van der Waals surface area contributed by atoms with Gasteiger partial charge in [0.15, 0.2) is 5.56 Å². The predicted molar refractivity (Wildman–Crippen MR) is 537 cm³/mol. The van der Waals surface area contributed by atoms with Crippen molar-refractivity contribution in [2.24, 2.45) is 0 Å². The number of aromatic amines is 7. The van der Waals surface area contributed by atoms with Gasteiger partial charge in [-0.25, -0.2) is 69.1 Å². The second-order valence-electron chi connectivity index (χ2n) is 32.1. The van der Waals surface area contributed by atoms with E-state index in [2.05, 4.69) is 50.8 Å². The Kier molecular flexibility index (Phi) is 39.2. The fourth-order valence-electron chi connectivity index (χ4n) is 15.3. The van der Waals surface area contributed by atoms with Crippen LogP contribution in [0.4, 0.5) is 30.7 Å². The maximum absolute atomic E-state index is 13.1. The first-order chi connectivity index (χ1) is 70.9. The molecule has 1 aliphatic rings. The van der Waals surface area contributed by atoms with Gasteiger partial charge < -0.3 is 99.6 Å². The van der Waals surface area contributed by atoms with Crippen molar-refractivity contribution < 1.29 is 129 Å². The molecule has 44 heteroatoms. The molecule has 1 aliphatic heterocycles. The van der Waals surface area contributed by atoms with Crippen LogP contribution in [0.25, 0.3) is 77.9 Å². The molecule has 16 N–H and O–H groups in total. The highest BCUT2D eigenvalue weighted by Crippen LogP contribution is 2.34. The molecule has 0 unspecified atom stereocenters. The first-order valence-electron chi connectivity index (χ1n) is 44.1. The van der Waals surface area contributed by atoms with Gasteiger partial charge in [-0.15, -0.1) is 0 Å². The Balaban J connectivity index is 0.000000191. The van der Waals surface area contributed by atoms with Crippen LogP contribution in [-0.2, 0) is 30.7 Å². The van der Waals surface area contributed by atoms with Crippen LogP contribution in [0.2, 0.25) is 0 Å². The summed E-state index contributed by atoms with van der Waals surface area (Å²) in [7, 11) is 2.82. The van der Waals surface area contributed by atoms with Gasteiger partial charge in [-0.05, 0) is 213 Å². The molecule has 150 heavy (non-hydrogen) atoms. The highest BCUT2D eigenvalue weighted by Gasteiger charge is 2.30. The molecule has 0 saturated heterocycles. The number of pyridine rings is 8. The van der Waals surface area contributed by atoms with E-state index in [1.165, 1.54) is 212 Å². The molecule has 0 amide bonds. The lowest BCUT2D eigenvalue weighted by Crippen LogP contribution is -2.22. The zero-order valence-electron chi connectivity index (χ0n) is 80.5. The molecule has 7 aromatic carbocycles. The van der Waals surface area contributed by atoms with Crippen LogP contribution in [0.5, 0.6) is 17.5 Å². The van der Waals surface area contributed by atoms with Gasteiger partial charge in [0.05, 0.1) is 47.2 Å². The average molecular weight is 2140 g/mol. The molecule has 36 nitrogen and oxygen atoms in total. The van der Waals surface area contributed by atoms with Gasteiger partial charge in [0.25, 0.3) is 5.56 Å². The van der Waals surface area contributed by atoms with Crippen LogP contribution in [0.3, 0.4) is 0 Å². The number of aromatic hydroxyl groups is 1. The maximum Gasteiger partial charge on any atom is 0.345 e. The van der Waals surface area contributed by atoms with Gasteiger partial charge in [-0.1, -0.05) is 85.8 Å². The van der Waals surface area contributed by atoms with Crippen molar-refractivity contribution in [3.63, 3.8) is 0 Å². The van der Waals surface area contributed by atoms with Crippen LogP contribution in [0.1, 0.15) is 154 Å². The van der Waals surface area contributed by atoms with Crippen LogP contribution >= 0.6 is 15.9 Å². The molecule has 9 heterocycles. The van der Waals surface area contributed by atoms with Crippen molar-refractivity contribution in [2.75, 3.05) is 20.8 Å². The number of rotatable bonds is 21. The minimum atomic E-state index is -1.37. The van der Waals surface area contributed by atoms with E-state index in [0.717, 1.165) is 24.8 Å². The SMILES string of the molecule is CCOc1[nH]c(C)c(-c2ccc(F)cc2)c(=O)c1C(=O)O.CCc1[nH]cc(C(=O)O)c(=O)c1-c1ccc(F)cc1.COCc1[nH]cc(C(=O)O)c(=O)c1-c1ccc(F)cc1.COc1[nH]c(C)c(C(=O)O)c(=O)c1-c1ccc(F)cc1.Cc1[nH]c(=O)c(-c2ccc(F)cc2)c(O)c1C(=O)O.Cc1[nH]cc(Br)c(=O)c1C(=O)O.Cc1cc(F)ccc1-c1c[nH]c(C)c(C(=O)O)c1=O.O=C(O)c1c2n(cc(-c3ccc(F)cc3)c1=O)CCC2. The number of carboxylic acid groups (broad SMARTS) is 8. The summed E-state index contributed by atoms with van der Waals surface area (Å²) in [5.41, 5.74) is 0.389. The smallest absolute Gasteiger partial charge is 0.345 e. The number of hydrogen-bond donors (Lipinski definition) is 16. The Bertz CT molecular complexity index is 8230. The summed E-state index contributed by atoms with van der Waals surface area (Å²) in [5, 5.41) is 82.2. The Morgan fingerprint density at radius 3 is 1.15 bits per heavy atom. The second kappa shape index (κ2) is 51.2. The van der Waals surface area contributed by atoms with Crippen molar-refractivity contribution in [2.45, 2.75) is 87.8 Å². The number of aromatic nitrogens is 8.